The van der Waals surface area contributed by atoms with Crippen LogP contribution in [0.3, 0.4) is 0 Å². The standard InChI is InChI=1S/C11H16N4O3/c12-10(16)5-14(6-11(17)18)4-9-3-13-7-15(9)8-1-2-8/h3,7-8H,1-2,4-6H2,(H2,12,16)(H,17,18). The molecule has 0 unspecified atom stereocenters. The SMILES string of the molecule is NC(=O)CN(CC(=O)O)Cc1cncn1C1CC1. The minimum Gasteiger partial charge on any atom is -0.480 e. The highest BCUT2D eigenvalue weighted by atomic mass is 16.4. The fourth-order valence-corrected chi connectivity index (χ4v) is 1.94. The van der Waals surface area contributed by atoms with Gasteiger partial charge in [0.25, 0.3) is 0 Å². The minimum absolute atomic E-state index is 0.0673. The number of nitrogens with zero attached hydrogens (tertiary/aromatic N) is 3. The van der Waals surface area contributed by atoms with Crippen molar-refractivity contribution in [3.8, 4) is 0 Å². The zero-order chi connectivity index (χ0) is 13.1. The van der Waals surface area contributed by atoms with E-state index >= 15 is 0 Å². The van der Waals surface area contributed by atoms with Crippen LogP contribution in [0.1, 0.15) is 24.6 Å². The third kappa shape index (κ3) is 3.30. The Balaban J connectivity index is 2.04. The normalized spacial score (nSPS) is 14.9. The number of hydrogen-bond donors (Lipinski definition) is 2. The van der Waals surface area contributed by atoms with Gasteiger partial charge >= 0.3 is 5.97 Å². The number of amides is 1. The molecule has 7 heteroatoms. The maximum absolute atomic E-state index is 10.9. The second-order valence-corrected chi connectivity index (χ2v) is 4.53. The van der Waals surface area contributed by atoms with Crippen molar-refractivity contribution >= 4 is 11.9 Å². The van der Waals surface area contributed by atoms with Crippen LogP contribution in [0.4, 0.5) is 0 Å². The average Bonchev–Trinajstić information content (AvgIpc) is 2.98. The Bertz CT molecular complexity index is 437. The highest BCUT2D eigenvalue weighted by molar-refractivity contribution is 5.77. The molecule has 0 atom stereocenters. The molecule has 18 heavy (non-hydrogen) atoms. The summed E-state index contributed by atoms with van der Waals surface area (Å²) in [4.78, 5) is 27.2. The van der Waals surface area contributed by atoms with Gasteiger partial charge in [-0.15, -0.1) is 0 Å². The number of aliphatic carboxylic acids is 1. The van der Waals surface area contributed by atoms with E-state index in [4.69, 9.17) is 10.8 Å². The third-order valence-electron chi connectivity index (χ3n) is 2.81. The summed E-state index contributed by atoms with van der Waals surface area (Å²) in [6, 6.07) is 0.475. The fourth-order valence-electron chi connectivity index (χ4n) is 1.94. The van der Waals surface area contributed by atoms with E-state index in [0.29, 0.717) is 12.6 Å². The van der Waals surface area contributed by atoms with Gasteiger partial charge in [-0.05, 0) is 12.8 Å². The Hall–Kier alpha value is -1.89. The Labute approximate surface area is 104 Å². The first kappa shape index (κ1) is 12.6. The van der Waals surface area contributed by atoms with Crippen molar-refractivity contribution in [3.63, 3.8) is 0 Å². The number of nitrogens with two attached hydrogens (primary N) is 1. The number of carboxylic acids is 1. The number of carboxylic acid groups (broad SMARTS) is 1. The zero-order valence-electron chi connectivity index (χ0n) is 9.95. The predicted octanol–water partition coefficient (Wildman–Crippen LogP) is -0.410. The van der Waals surface area contributed by atoms with Gasteiger partial charge in [0, 0.05) is 18.8 Å². The monoisotopic (exact) mass is 252 g/mol. The Kier molecular flexibility index (Phi) is 3.61. The van der Waals surface area contributed by atoms with Gasteiger partial charge in [0.05, 0.1) is 25.1 Å². The summed E-state index contributed by atoms with van der Waals surface area (Å²) in [7, 11) is 0. The smallest absolute Gasteiger partial charge is 0.317 e. The van der Waals surface area contributed by atoms with Gasteiger partial charge in [-0.25, -0.2) is 4.98 Å². The van der Waals surface area contributed by atoms with Crippen LogP contribution < -0.4 is 5.73 Å². The molecule has 0 spiro atoms. The number of carbonyl (C=O) groups is 2. The van der Waals surface area contributed by atoms with Crippen LogP contribution in [0, 0.1) is 0 Å². The molecule has 0 aliphatic heterocycles. The molecule has 0 bridgehead atoms. The van der Waals surface area contributed by atoms with Crippen molar-refractivity contribution in [2.24, 2.45) is 5.73 Å². The molecule has 1 aromatic heterocycles. The predicted molar refractivity (Wildman–Crippen MR) is 62.6 cm³/mol. The van der Waals surface area contributed by atoms with E-state index in [1.807, 2.05) is 4.57 Å². The van der Waals surface area contributed by atoms with Gasteiger partial charge in [0.1, 0.15) is 0 Å². The largest absolute Gasteiger partial charge is 0.480 e. The summed E-state index contributed by atoms with van der Waals surface area (Å²) >= 11 is 0. The summed E-state index contributed by atoms with van der Waals surface area (Å²) in [5, 5.41) is 8.80. The number of aromatic nitrogens is 2. The van der Waals surface area contributed by atoms with Crippen molar-refractivity contribution in [2.75, 3.05) is 13.1 Å². The molecule has 1 amide bonds. The number of rotatable bonds is 7. The molecular formula is C11H16N4O3. The molecule has 0 radical (unpaired) electrons. The first-order chi connectivity index (χ1) is 8.56. The van der Waals surface area contributed by atoms with Gasteiger partial charge in [-0.3, -0.25) is 14.5 Å². The lowest BCUT2D eigenvalue weighted by molar-refractivity contribution is -0.138. The lowest BCUT2D eigenvalue weighted by Gasteiger charge is -2.19. The molecular weight excluding hydrogens is 236 g/mol. The molecule has 0 aromatic carbocycles. The van der Waals surface area contributed by atoms with E-state index in [-0.39, 0.29) is 13.1 Å². The van der Waals surface area contributed by atoms with Crippen LogP contribution >= 0.6 is 0 Å². The molecule has 98 valence electrons. The van der Waals surface area contributed by atoms with Crippen molar-refractivity contribution in [1.82, 2.24) is 14.5 Å². The molecule has 2 rings (SSSR count). The topological polar surface area (TPSA) is 101 Å². The van der Waals surface area contributed by atoms with Crippen molar-refractivity contribution in [3.05, 3.63) is 18.2 Å². The molecule has 1 saturated carbocycles. The molecule has 7 nitrogen and oxygen atoms in total. The molecule has 1 heterocycles. The summed E-state index contributed by atoms with van der Waals surface area (Å²) in [5.41, 5.74) is 6.03. The lowest BCUT2D eigenvalue weighted by Crippen LogP contribution is -2.37. The first-order valence-corrected chi connectivity index (χ1v) is 5.79. The van der Waals surface area contributed by atoms with Gasteiger partial charge < -0.3 is 15.4 Å². The molecule has 0 saturated heterocycles. The zero-order valence-corrected chi connectivity index (χ0v) is 9.95. The van der Waals surface area contributed by atoms with Crippen LogP contribution in [-0.4, -0.2) is 44.5 Å². The van der Waals surface area contributed by atoms with Gasteiger partial charge in [-0.1, -0.05) is 0 Å². The average molecular weight is 252 g/mol. The quantitative estimate of drug-likeness (QED) is 0.687. The summed E-state index contributed by atoms with van der Waals surface area (Å²) < 4.78 is 2.04. The molecule has 1 fully saturated rings. The molecule has 1 aliphatic rings. The van der Waals surface area contributed by atoms with Gasteiger partial charge in [0.2, 0.25) is 5.91 Å². The van der Waals surface area contributed by atoms with E-state index in [0.717, 1.165) is 18.5 Å². The highest BCUT2D eigenvalue weighted by Crippen LogP contribution is 2.35. The van der Waals surface area contributed by atoms with E-state index in [1.54, 1.807) is 12.5 Å². The fraction of sp³-hybridized carbons (Fsp3) is 0.545. The Morgan fingerprint density at radius 3 is 2.78 bits per heavy atom. The van der Waals surface area contributed by atoms with Crippen LogP contribution in [0.15, 0.2) is 12.5 Å². The van der Waals surface area contributed by atoms with E-state index < -0.39 is 11.9 Å². The summed E-state index contributed by atoms with van der Waals surface area (Å²) in [6.07, 6.45) is 5.70. The van der Waals surface area contributed by atoms with Crippen LogP contribution in [-0.2, 0) is 16.1 Å². The van der Waals surface area contributed by atoms with Gasteiger partial charge in [0.15, 0.2) is 0 Å². The first-order valence-electron chi connectivity index (χ1n) is 5.79. The third-order valence-corrected chi connectivity index (χ3v) is 2.81. The Morgan fingerprint density at radius 2 is 2.22 bits per heavy atom. The number of hydrogen-bond acceptors (Lipinski definition) is 4. The number of imidazole rings is 1. The van der Waals surface area contributed by atoms with Crippen LogP contribution in [0.25, 0.3) is 0 Å². The molecule has 3 N–H and O–H groups in total. The van der Waals surface area contributed by atoms with Crippen molar-refractivity contribution < 1.29 is 14.7 Å². The molecule has 1 aliphatic carbocycles. The van der Waals surface area contributed by atoms with E-state index in [9.17, 15) is 9.59 Å². The minimum atomic E-state index is -0.978. The number of carbonyl (C=O) groups excluding carboxylic acids is 1. The maximum atomic E-state index is 10.9. The van der Waals surface area contributed by atoms with Crippen LogP contribution in [0.5, 0.6) is 0 Å². The number of primary amides is 1. The summed E-state index contributed by atoms with van der Waals surface area (Å²) in [5.74, 6) is -1.51. The van der Waals surface area contributed by atoms with Crippen molar-refractivity contribution in [2.45, 2.75) is 25.4 Å². The van der Waals surface area contributed by atoms with Crippen LogP contribution in [0.2, 0.25) is 0 Å². The molecule has 1 aromatic rings. The highest BCUT2D eigenvalue weighted by Gasteiger charge is 2.26. The Morgan fingerprint density at radius 1 is 1.50 bits per heavy atom. The lowest BCUT2D eigenvalue weighted by atomic mass is 10.3. The summed E-state index contributed by atoms with van der Waals surface area (Å²) in [6.45, 7) is 0.0900. The van der Waals surface area contributed by atoms with E-state index in [1.165, 1.54) is 4.90 Å². The second kappa shape index (κ2) is 5.18. The maximum Gasteiger partial charge on any atom is 0.317 e. The van der Waals surface area contributed by atoms with Crippen molar-refractivity contribution in [1.29, 1.82) is 0 Å². The van der Waals surface area contributed by atoms with Gasteiger partial charge in [-0.2, -0.15) is 0 Å². The van der Waals surface area contributed by atoms with E-state index in [2.05, 4.69) is 4.98 Å². The second-order valence-electron chi connectivity index (χ2n) is 4.53.